The van der Waals surface area contributed by atoms with E-state index >= 15 is 0 Å². The molecule has 0 N–H and O–H groups in total. The van der Waals surface area contributed by atoms with Gasteiger partial charge in [0, 0.05) is 12.0 Å². The highest BCUT2D eigenvalue weighted by molar-refractivity contribution is 6.00. The van der Waals surface area contributed by atoms with Crippen LogP contribution in [-0.2, 0) is 16.0 Å². The molecule has 1 aromatic carbocycles. The van der Waals surface area contributed by atoms with Gasteiger partial charge in [0.05, 0.1) is 7.11 Å². The predicted molar refractivity (Wildman–Crippen MR) is 61.2 cm³/mol. The fourth-order valence-electron chi connectivity index (χ4n) is 1.91. The Hall–Kier alpha value is -1.84. The average Bonchev–Trinajstić information content (AvgIpc) is 2.70. The van der Waals surface area contributed by atoms with Crippen molar-refractivity contribution in [2.24, 2.45) is 0 Å². The van der Waals surface area contributed by atoms with Crippen LogP contribution in [0.25, 0.3) is 0 Å². The average molecular weight is 234 g/mol. The van der Waals surface area contributed by atoms with E-state index in [1.165, 1.54) is 7.11 Å². The Morgan fingerprint density at radius 1 is 1.35 bits per heavy atom. The number of carbonyl (C=O) groups is 2. The van der Waals surface area contributed by atoms with Crippen LogP contribution in [0.5, 0.6) is 5.75 Å². The van der Waals surface area contributed by atoms with Gasteiger partial charge >= 0.3 is 5.97 Å². The van der Waals surface area contributed by atoms with Crippen LogP contribution in [-0.4, -0.2) is 25.0 Å². The predicted octanol–water partition coefficient (Wildman–Crippen LogP) is 1.76. The number of Topliss-reactive ketones (excluding diaryl/α,β-unsaturated/α-hetero) is 1. The van der Waals surface area contributed by atoms with E-state index in [2.05, 4.69) is 4.74 Å². The van der Waals surface area contributed by atoms with Crippen molar-refractivity contribution in [3.8, 4) is 5.75 Å². The third-order valence-corrected chi connectivity index (χ3v) is 2.85. The SMILES string of the molecule is COC(=O)C(C)Oc1ccc2c(c1)C(=O)CC2. The van der Waals surface area contributed by atoms with E-state index in [0.717, 1.165) is 12.0 Å². The quantitative estimate of drug-likeness (QED) is 0.748. The number of aryl methyl sites for hydroxylation is 1. The van der Waals surface area contributed by atoms with Gasteiger partial charge in [-0.05, 0) is 31.0 Å². The molecule has 0 radical (unpaired) electrons. The maximum Gasteiger partial charge on any atom is 0.346 e. The Kier molecular flexibility index (Phi) is 3.13. The molecule has 0 amide bonds. The van der Waals surface area contributed by atoms with E-state index < -0.39 is 12.1 Å². The summed E-state index contributed by atoms with van der Waals surface area (Å²) in [5, 5.41) is 0. The van der Waals surface area contributed by atoms with Gasteiger partial charge in [0.15, 0.2) is 11.9 Å². The van der Waals surface area contributed by atoms with Gasteiger partial charge < -0.3 is 9.47 Å². The molecule has 0 heterocycles. The van der Waals surface area contributed by atoms with Crippen LogP contribution >= 0.6 is 0 Å². The van der Waals surface area contributed by atoms with E-state index in [-0.39, 0.29) is 5.78 Å². The first-order chi connectivity index (χ1) is 8.11. The van der Waals surface area contributed by atoms with Crippen LogP contribution in [0.1, 0.15) is 29.3 Å². The molecule has 0 aliphatic heterocycles. The molecule has 0 saturated heterocycles. The topological polar surface area (TPSA) is 52.6 Å². The van der Waals surface area contributed by atoms with E-state index in [1.807, 2.05) is 6.07 Å². The van der Waals surface area contributed by atoms with E-state index in [0.29, 0.717) is 17.7 Å². The number of rotatable bonds is 3. The Morgan fingerprint density at radius 2 is 2.12 bits per heavy atom. The summed E-state index contributed by atoms with van der Waals surface area (Å²) in [6, 6.07) is 5.35. The number of hydrogen-bond donors (Lipinski definition) is 0. The monoisotopic (exact) mass is 234 g/mol. The molecule has 0 spiro atoms. The molecule has 1 atom stereocenters. The first-order valence-corrected chi connectivity index (χ1v) is 5.52. The summed E-state index contributed by atoms with van der Waals surface area (Å²) >= 11 is 0. The Bertz CT molecular complexity index is 464. The molecule has 0 saturated carbocycles. The van der Waals surface area contributed by atoms with Gasteiger partial charge in [0.25, 0.3) is 0 Å². The number of esters is 1. The minimum absolute atomic E-state index is 0.135. The second-order valence-electron chi connectivity index (χ2n) is 4.03. The molecule has 2 rings (SSSR count). The number of ether oxygens (including phenoxy) is 2. The zero-order valence-electron chi connectivity index (χ0n) is 9.86. The summed E-state index contributed by atoms with van der Waals surface area (Å²) in [6.45, 7) is 1.61. The van der Waals surface area contributed by atoms with Gasteiger partial charge in [-0.1, -0.05) is 6.07 Å². The fraction of sp³-hybridized carbons (Fsp3) is 0.385. The number of benzene rings is 1. The van der Waals surface area contributed by atoms with Crippen molar-refractivity contribution in [1.29, 1.82) is 0 Å². The second kappa shape index (κ2) is 4.57. The van der Waals surface area contributed by atoms with Gasteiger partial charge in [-0.15, -0.1) is 0 Å². The van der Waals surface area contributed by atoms with Crippen molar-refractivity contribution >= 4 is 11.8 Å². The second-order valence-corrected chi connectivity index (χ2v) is 4.03. The van der Waals surface area contributed by atoms with Crippen LogP contribution in [0.2, 0.25) is 0 Å². The smallest absolute Gasteiger partial charge is 0.346 e. The highest BCUT2D eigenvalue weighted by Gasteiger charge is 2.21. The lowest BCUT2D eigenvalue weighted by Crippen LogP contribution is -2.24. The van der Waals surface area contributed by atoms with Crippen molar-refractivity contribution in [2.45, 2.75) is 25.9 Å². The normalized spacial score (nSPS) is 15.3. The van der Waals surface area contributed by atoms with Gasteiger partial charge in [-0.25, -0.2) is 4.79 Å². The minimum Gasteiger partial charge on any atom is -0.479 e. The first-order valence-electron chi connectivity index (χ1n) is 5.52. The van der Waals surface area contributed by atoms with Gasteiger partial charge in [0.2, 0.25) is 0 Å². The van der Waals surface area contributed by atoms with Crippen molar-refractivity contribution in [1.82, 2.24) is 0 Å². The standard InChI is InChI=1S/C13H14O4/c1-8(13(15)16-2)17-10-5-3-9-4-6-12(14)11(9)7-10/h3,5,7-8H,4,6H2,1-2H3. The lowest BCUT2D eigenvalue weighted by Gasteiger charge is -2.12. The molecular formula is C13H14O4. The van der Waals surface area contributed by atoms with Crippen molar-refractivity contribution in [3.63, 3.8) is 0 Å². The fourth-order valence-corrected chi connectivity index (χ4v) is 1.91. The van der Waals surface area contributed by atoms with Crippen LogP contribution < -0.4 is 4.74 Å². The summed E-state index contributed by atoms with van der Waals surface area (Å²) < 4.78 is 9.98. The van der Waals surface area contributed by atoms with Crippen molar-refractivity contribution < 1.29 is 19.1 Å². The van der Waals surface area contributed by atoms with E-state index in [9.17, 15) is 9.59 Å². The zero-order valence-corrected chi connectivity index (χ0v) is 9.86. The maximum absolute atomic E-state index is 11.5. The molecule has 0 fully saturated rings. The number of hydrogen-bond acceptors (Lipinski definition) is 4. The number of carbonyl (C=O) groups excluding carboxylic acids is 2. The molecule has 4 nitrogen and oxygen atoms in total. The molecule has 1 aliphatic carbocycles. The largest absolute Gasteiger partial charge is 0.479 e. The van der Waals surface area contributed by atoms with E-state index in [4.69, 9.17) is 4.74 Å². The highest BCUT2D eigenvalue weighted by atomic mass is 16.6. The number of fused-ring (bicyclic) bond motifs is 1. The van der Waals surface area contributed by atoms with Crippen LogP contribution in [0, 0.1) is 0 Å². The first kappa shape index (κ1) is 11.6. The molecular weight excluding hydrogens is 220 g/mol. The van der Waals surface area contributed by atoms with Gasteiger partial charge in [0.1, 0.15) is 5.75 Å². The van der Waals surface area contributed by atoms with Crippen LogP contribution in [0.4, 0.5) is 0 Å². The van der Waals surface area contributed by atoms with Gasteiger partial charge in [-0.3, -0.25) is 4.79 Å². The van der Waals surface area contributed by atoms with Crippen molar-refractivity contribution in [3.05, 3.63) is 29.3 Å². The van der Waals surface area contributed by atoms with Crippen molar-refractivity contribution in [2.75, 3.05) is 7.11 Å². The summed E-state index contributed by atoms with van der Waals surface area (Å²) in [5.41, 5.74) is 1.76. The third kappa shape index (κ3) is 2.30. The molecule has 4 heteroatoms. The molecule has 1 unspecified atom stereocenters. The number of ketones is 1. The highest BCUT2D eigenvalue weighted by Crippen LogP contribution is 2.26. The lowest BCUT2D eigenvalue weighted by atomic mass is 10.1. The summed E-state index contributed by atoms with van der Waals surface area (Å²) in [5.74, 6) is 0.227. The van der Waals surface area contributed by atoms with Gasteiger partial charge in [-0.2, -0.15) is 0 Å². The number of methoxy groups -OCH3 is 1. The lowest BCUT2D eigenvalue weighted by molar-refractivity contribution is -0.147. The Labute approximate surface area is 99.5 Å². The molecule has 90 valence electrons. The summed E-state index contributed by atoms with van der Waals surface area (Å²) in [7, 11) is 1.31. The molecule has 0 aromatic heterocycles. The minimum atomic E-state index is -0.672. The van der Waals surface area contributed by atoms with Crippen LogP contribution in [0.15, 0.2) is 18.2 Å². The Morgan fingerprint density at radius 3 is 2.82 bits per heavy atom. The molecule has 1 aliphatic rings. The Balaban J connectivity index is 2.16. The summed E-state index contributed by atoms with van der Waals surface area (Å²) in [6.07, 6.45) is 0.682. The zero-order chi connectivity index (χ0) is 12.4. The summed E-state index contributed by atoms with van der Waals surface area (Å²) in [4.78, 5) is 22.7. The maximum atomic E-state index is 11.5. The molecule has 1 aromatic rings. The third-order valence-electron chi connectivity index (χ3n) is 2.85. The van der Waals surface area contributed by atoms with Crippen LogP contribution in [0.3, 0.4) is 0 Å². The molecule has 17 heavy (non-hydrogen) atoms. The molecule has 0 bridgehead atoms. The van der Waals surface area contributed by atoms with E-state index in [1.54, 1.807) is 19.1 Å².